The molecule has 2 amide bonds. The number of urea groups is 1. The first-order valence-corrected chi connectivity index (χ1v) is 11.6. The number of nitrogens with zero attached hydrogens (tertiary/aromatic N) is 4. The molecule has 1 saturated carbocycles. The fourth-order valence-corrected chi connectivity index (χ4v) is 4.75. The van der Waals surface area contributed by atoms with E-state index >= 15 is 0 Å². The summed E-state index contributed by atoms with van der Waals surface area (Å²) in [7, 11) is 0. The van der Waals surface area contributed by atoms with E-state index in [0.29, 0.717) is 6.54 Å². The van der Waals surface area contributed by atoms with Gasteiger partial charge in [0.1, 0.15) is 0 Å². The molecule has 0 spiro atoms. The fourth-order valence-electron chi connectivity index (χ4n) is 4.75. The highest BCUT2D eigenvalue weighted by molar-refractivity contribution is 5.74. The molecular weight excluding hydrogens is 374 g/mol. The van der Waals surface area contributed by atoms with E-state index in [0.717, 1.165) is 50.6 Å². The Hall–Kier alpha value is -2.34. The number of amides is 2. The first kappa shape index (κ1) is 20.9. The Morgan fingerprint density at radius 3 is 2.60 bits per heavy atom. The molecule has 0 radical (unpaired) electrons. The predicted octanol–water partition coefficient (Wildman–Crippen LogP) is 3.71. The Bertz CT molecular complexity index is 767. The first-order chi connectivity index (χ1) is 14.8. The van der Waals surface area contributed by atoms with Crippen molar-refractivity contribution >= 4 is 6.03 Å². The lowest BCUT2D eigenvalue weighted by atomic mass is 9.89. The van der Waals surface area contributed by atoms with Crippen molar-refractivity contribution in [2.24, 2.45) is 5.92 Å². The van der Waals surface area contributed by atoms with Crippen molar-refractivity contribution in [1.29, 1.82) is 0 Å². The van der Waals surface area contributed by atoms with Gasteiger partial charge in [0.15, 0.2) is 0 Å². The number of carbonyl (C=O) groups is 1. The summed E-state index contributed by atoms with van der Waals surface area (Å²) in [5, 5.41) is 7.37. The average Bonchev–Trinajstić information content (AvgIpc) is 3.22. The van der Waals surface area contributed by atoms with E-state index in [4.69, 9.17) is 0 Å². The van der Waals surface area contributed by atoms with Crippen LogP contribution in [0.1, 0.15) is 44.1 Å². The van der Waals surface area contributed by atoms with Gasteiger partial charge in [-0.05, 0) is 61.9 Å². The lowest BCUT2D eigenvalue weighted by molar-refractivity contribution is 0.190. The number of hydrogen-bond donors (Lipinski definition) is 1. The summed E-state index contributed by atoms with van der Waals surface area (Å²) in [6.45, 7) is 5.75. The smallest absolute Gasteiger partial charge is 0.317 e. The fraction of sp³-hybridized carbons (Fsp3) is 0.583. The quantitative estimate of drug-likeness (QED) is 0.791. The average molecular weight is 410 g/mol. The highest BCUT2D eigenvalue weighted by atomic mass is 16.2. The van der Waals surface area contributed by atoms with Crippen LogP contribution in [0.5, 0.6) is 0 Å². The van der Waals surface area contributed by atoms with Crippen LogP contribution in [0.3, 0.4) is 0 Å². The summed E-state index contributed by atoms with van der Waals surface area (Å²) in [6, 6.07) is 10.4. The zero-order valence-electron chi connectivity index (χ0n) is 18.0. The van der Waals surface area contributed by atoms with Crippen LogP contribution in [0.25, 0.3) is 5.69 Å². The summed E-state index contributed by atoms with van der Waals surface area (Å²) in [5.74, 6) is 0.874. The summed E-state index contributed by atoms with van der Waals surface area (Å²) in [5.41, 5.74) is 2.27. The molecule has 1 aromatic heterocycles. The topological polar surface area (TPSA) is 53.4 Å². The third kappa shape index (κ3) is 5.85. The van der Waals surface area contributed by atoms with Gasteiger partial charge in [-0.1, -0.05) is 31.4 Å². The number of benzene rings is 1. The molecule has 162 valence electrons. The normalized spacial score (nSPS) is 18.9. The second-order valence-electron chi connectivity index (χ2n) is 8.74. The van der Waals surface area contributed by atoms with Gasteiger partial charge in [-0.2, -0.15) is 5.10 Å². The Morgan fingerprint density at radius 2 is 1.83 bits per heavy atom. The van der Waals surface area contributed by atoms with Crippen LogP contribution in [-0.2, 0) is 6.42 Å². The molecule has 6 nitrogen and oxygen atoms in total. The standard InChI is InChI=1S/C24H35N5O/c30-24(25-14-12-21-8-10-23(11-9-21)29-17-4-13-26-29)28-16-5-15-27(18-19-28)20-22-6-2-1-3-7-22/h4,8-11,13,17,22H,1-3,5-7,12,14-16,18-20H2,(H,25,30). The molecule has 4 rings (SSSR count). The largest absolute Gasteiger partial charge is 0.338 e. The minimum atomic E-state index is 0.0858. The Kier molecular flexibility index (Phi) is 7.40. The van der Waals surface area contributed by atoms with Crippen LogP contribution >= 0.6 is 0 Å². The van der Waals surface area contributed by atoms with Gasteiger partial charge in [0.25, 0.3) is 0 Å². The maximum Gasteiger partial charge on any atom is 0.317 e. The molecule has 1 N–H and O–H groups in total. The van der Waals surface area contributed by atoms with E-state index in [2.05, 4.69) is 39.6 Å². The van der Waals surface area contributed by atoms with Gasteiger partial charge in [0.05, 0.1) is 5.69 Å². The number of rotatable bonds is 6. The molecule has 2 aromatic rings. The Morgan fingerprint density at radius 1 is 1.00 bits per heavy atom. The third-order valence-electron chi connectivity index (χ3n) is 6.51. The van der Waals surface area contributed by atoms with Gasteiger partial charge in [-0.25, -0.2) is 9.48 Å². The van der Waals surface area contributed by atoms with Crippen LogP contribution in [0.4, 0.5) is 4.79 Å². The Labute approximate surface area is 180 Å². The van der Waals surface area contributed by atoms with Crippen molar-refractivity contribution in [1.82, 2.24) is 24.9 Å². The van der Waals surface area contributed by atoms with Crippen LogP contribution < -0.4 is 5.32 Å². The number of nitrogens with one attached hydrogen (secondary N) is 1. The lowest BCUT2D eigenvalue weighted by Gasteiger charge is -2.28. The van der Waals surface area contributed by atoms with Crippen molar-refractivity contribution in [2.75, 3.05) is 39.3 Å². The molecule has 2 aliphatic rings. The number of carbonyl (C=O) groups excluding carboxylic acids is 1. The van der Waals surface area contributed by atoms with Gasteiger partial charge >= 0.3 is 6.03 Å². The van der Waals surface area contributed by atoms with Crippen molar-refractivity contribution in [3.05, 3.63) is 48.3 Å². The van der Waals surface area contributed by atoms with Crippen molar-refractivity contribution in [2.45, 2.75) is 44.9 Å². The van der Waals surface area contributed by atoms with Crippen molar-refractivity contribution in [3.63, 3.8) is 0 Å². The molecule has 2 heterocycles. The van der Waals surface area contributed by atoms with Gasteiger partial charge in [-0.3, -0.25) is 0 Å². The number of hydrogen-bond acceptors (Lipinski definition) is 3. The van der Waals surface area contributed by atoms with E-state index in [-0.39, 0.29) is 6.03 Å². The minimum absolute atomic E-state index is 0.0858. The molecule has 0 bridgehead atoms. The van der Waals surface area contributed by atoms with E-state index in [1.54, 1.807) is 6.20 Å². The van der Waals surface area contributed by atoms with Gasteiger partial charge in [-0.15, -0.1) is 0 Å². The maximum atomic E-state index is 12.6. The van der Waals surface area contributed by atoms with Crippen LogP contribution in [0.15, 0.2) is 42.7 Å². The second kappa shape index (κ2) is 10.6. The summed E-state index contributed by atoms with van der Waals surface area (Å²) < 4.78 is 1.85. The summed E-state index contributed by atoms with van der Waals surface area (Å²) >= 11 is 0. The van der Waals surface area contributed by atoms with Crippen molar-refractivity contribution < 1.29 is 4.79 Å². The minimum Gasteiger partial charge on any atom is -0.338 e. The molecule has 2 fully saturated rings. The lowest BCUT2D eigenvalue weighted by Crippen LogP contribution is -2.43. The molecule has 1 aromatic carbocycles. The molecule has 0 atom stereocenters. The van der Waals surface area contributed by atoms with Crippen LogP contribution in [0.2, 0.25) is 0 Å². The monoisotopic (exact) mass is 409 g/mol. The second-order valence-corrected chi connectivity index (χ2v) is 8.74. The maximum absolute atomic E-state index is 12.6. The zero-order valence-corrected chi connectivity index (χ0v) is 18.0. The third-order valence-corrected chi connectivity index (χ3v) is 6.51. The molecule has 1 saturated heterocycles. The number of aromatic nitrogens is 2. The predicted molar refractivity (Wildman–Crippen MR) is 120 cm³/mol. The van der Waals surface area contributed by atoms with Crippen LogP contribution in [-0.4, -0.2) is 64.9 Å². The zero-order chi connectivity index (χ0) is 20.6. The molecule has 0 unspecified atom stereocenters. The first-order valence-electron chi connectivity index (χ1n) is 11.6. The Balaban J connectivity index is 1.17. The van der Waals surface area contributed by atoms with Gasteiger partial charge in [0, 0.05) is 45.1 Å². The molecule has 1 aliphatic heterocycles. The van der Waals surface area contributed by atoms with E-state index in [1.807, 2.05) is 21.8 Å². The summed E-state index contributed by atoms with van der Waals surface area (Å²) in [4.78, 5) is 17.2. The van der Waals surface area contributed by atoms with E-state index in [1.165, 1.54) is 44.2 Å². The van der Waals surface area contributed by atoms with E-state index in [9.17, 15) is 4.79 Å². The van der Waals surface area contributed by atoms with Crippen molar-refractivity contribution in [3.8, 4) is 5.69 Å². The van der Waals surface area contributed by atoms with Gasteiger partial charge in [0.2, 0.25) is 0 Å². The highest BCUT2D eigenvalue weighted by Crippen LogP contribution is 2.24. The highest BCUT2D eigenvalue weighted by Gasteiger charge is 2.22. The molecule has 6 heteroatoms. The molecule has 30 heavy (non-hydrogen) atoms. The van der Waals surface area contributed by atoms with E-state index < -0.39 is 0 Å². The van der Waals surface area contributed by atoms with Crippen LogP contribution in [0, 0.1) is 5.92 Å². The summed E-state index contributed by atoms with van der Waals surface area (Å²) in [6.07, 6.45) is 12.6. The van der Waals surface area contributed by atoms with Gasteiger partial charge < -0.3 is 15.1 Å². The molecule has 1 aliphatic carbocycles. The SMILES string of the molecule is O=C(NCCc1ccc(-n2cccn2)cc1)N1CCCN(CC2CCCCC2)CC1. The molecular formula is C24H35N5O.